The van der Waals surface area contributed by atoms with Crippen molar-refractivity contribution in [1.29, 1.82) is 0 Å². The van der Waals surface area contributed by atoms with E-state index in [9.17, 15) is 33.6 Å². The van der Waals surface area contributed by atoms with Gasteiger partial charge in [-0.3, -0.25) is 28.8 Å². The van der Waals surface area contributed by atoms with Gasteiger partial charge in [-0.25, -0.2) is 9.48 Å². The number of nitrogens with one attached hydrogen (secondary N) is 1. The van der Waals surface area contributed by atoms with Gasteiger partial charge in [-0.15, -0.1) is 5.10 Å². The van der Waals surface area contributed by atoms with E-state index in [-0.39, 0.29) is 44.9 Å². The van der Waals surface area contributed by atoms with Gasteiger partial charge in [-0.1, -0.05) is 5.21 Å². The smallest absolute Gasteiger partial charge is 0.328 e. The molecule has 6 atom stereocenters. The summed E-state index contributed by atoms with van der Waals surface area (Å²) in [6.45, 7) is 6.76. The largest absolute Gasteiger partial charge is 0.466 e. The molecule has 0 bridgehead atoms. The molecule has 0 saturated carbocycles. The summed E-state index contributed by atoms with van der Waals surface area (Å²) in [7, 11) is 0. The lowest BCUT2D eigenvalue weighted by molar-refractivity contribution is -0.310. The first-order valence-corrected chi connectivity index (χ1v) is 14.7. The number of carbonyl (C=O) groups excluding carboxylic acids is 7. The first-order chi connectivity index (χ1) is 22.2. The number of hydrogen-bond acceptors (Lipinski definition) is 17. The zero-order valence-electron chi connectivity index (χ0n) is 27.0. The van der Waals surface area contributed by atoms with Crippen LogP contribution in [0.5, 0.6) is 0 Å². The van der Waals surface area contributed by atoms with Crippen molar-refractivity contribution >= 4 is 41.7 Å². The lowest BCUT2D eigenvalue weighted by Crippen LogP contribution is -2.62. The van der Waals surface area contributed by atoms with E-state index in [4.69, 9.17) is 37.9 Å². The predicted octanol–water partition coefficient (Wildman–Crippen LogP) is -0.731. The molecule has 1 fully saturated rings. The summed E-state index contributed by atoms with van der Waals surface area (Å²) in [5, 5.41) is 10.3. The summed E-state index contributed by atoms with van der Waals surface area (Å²) >= 11 is 0. The average molecular weight is 673 g/mol. The SMILES string of the molecule is CCOC(=O)CC[C@H](NC(=O)Cn1cc(CO[C@@H]2O[C@H](COC(C)=O)[C@H](OC(C)=O)[C@H](OC(C)=O)[C@H]2OC(C)=O)nn1)C(=O)OCC. The number of hydrogen-bond donors (Lipinski definition) is 1. The van der Waals surface area contributed by atoms with Crippen molar-refractivity contribution in [2.24, 2.45) is 0 Å². The van der Waals surface area contributed by atoms with Crippen LogP contribution in [0.3, 0.4) is 0 Å². The molecule has 1 aliphatic rings. The molecule has 1 aromatic heterocycles. The quantitative estimate of drug-likeness (QED) is 0.159. The van der Waals surface area contributed by atoms with Crippen LogP contribution in [0.2, 0.25) is 0 Å². The molecule has 19 nitrogen and oxygen atoms in total. The molecular formula is C28H40N4O15. The van der Waals surface area contributed by atoms with Crippen molar-refractivity contribution < 1.29 is 71.5 Å². The standard InChI is InChI=1S/C28H40N4O15/c1-7-40-23(38)10-9-20(27(39)41-8-2)29-22(37)12-32-11-19(30-31-32)13-43-28-26(46-18(6)36)25(45-17(5)35)24(44-16(4)34)21(47-28)14-42-15(3)33/h11,20-21,24-26,28H,7-10,12-14H2,1-6H3,(H,29,37)/t20-,21+,24-,25-,26+,28+/m0/s1. The Kier molecular flexibility index (Phi) is 15.7. The Bertz CT molecular complexity index is 1270. The Morgan fingerprint density at radius 3 is 2.06 bits per heavy atom. The fraction of sp³-hybridized carbons (Fsp3) is 0.679. The van der Waals surface area contributed by atoms with E-state index in [0.29, 0.717) is 0 Å². The van der Waals surface area contributed by atoms with Crippen molar-refractivity contribution in [3.63, 3.8) is 0 Å². The second kappa shape index (κ2) is 19.1. The molecule has 1 N–H and O–H groups in total. The molecule has 0 aliphatic carbocycles. The number of ether oxygens (including phenoxy) is 8. The van der Waals surface area contributed by atoms with Crippen LogP contribution >= 0.6 is 0 Å². The molecule has 262 valence electrons. The van der Waals surface area contributed by atoms with Crippen molar-refractivity contribution in [2.75, 3.05) is 19.8 Å². The molecule has 1 aliphatic heterocycles. The highest BCUT2D eigenvalue weighted by molar-refractivity contribution is 5.84. The van der Waals surface area contributed by atoms with Gasteiger partial charge in [-0.05, 0) is 20.3 Å². The minimum Gasteiger partial charge on any atom is -0.466 e. The maximum absolute atomic E-state index is 12.7. The molecule has 0 spiro atoms. The normalized spacial score (nSPS) is 21.0. The van der Waals surface area contributed by atoms with Crippen LogP contribution < -0.4 is 5.32 Å². The van der Waals surface area contributed by atoms with E-state index >= 15 is 0 Å². The van der Waals surface area contributed by atoms with Crippen LogP contribution in [-0.4, -0.2) is 113 Å². The number of carbonyl (C=O) groups is 7. The van der Waals surface area contributed by atoms with E-state index in [1.807, 2.05) is 0 Å². The number of esters is 6. The van der Waals surface area contributed by atoms with Crippen molar-refractivity contribution in [3.8, 4) is 0 Å². The minimum absolute atomic E-state index is 0.0458. The van der Waals surface area contributed by atoms with E-state index < -0.39 is 85.1 Å². The summed E-state index contributed by atoms with van der Waals surface area (Å²) in [6, 6.07) is -1.11. The summed E-state index contributed by atoms with van der Waals surface area (Å²) in [6.07, 6.45) is -5.69. The van der Waals surface area contributed by atoms with E-state index in [0.717, 1.165) is 32.4 Å². The Morgan fingerprint density at radius 2 is 1.47 bits per heavy atom. The first-order valence-electron chi connectivity index (χ1n) is 14.7. The maximum atomic E-state index is 12.7. The van der Waals surface area contributed by atoms with Crippen LogP contribution in [-0.2, 0) is 84.6 Å². The van der Waals surface area contributed by atoms with Gasteiger partial charge >= 0.3 is 35.8 Å². The highest BCUT2D eigenvalue weighted by atomic mass is 16.7. The fourth-order valence-electron chi connectivity index (χ4n) is 4.35. The Morgan fingerprint density at radius 1 is 0.851 bits per heavy atom. The third-order valence-electron chi connectivity index (χ3n) is 6.08. The summed E-state index contributed by atoms with van der Waals surface area (Å²) in [5.41, 5.74) is 0.176. The molecule has 2 rings (SSSR count). The van der Waals surface area contributed by atoms with E-state index in [1.165, 1.54) is 6.20 Å². The number of amides is 1. The van der Waals surface area contributed by atoms with Crippen LogP contribution in [0.25, 0.3) is 0 Å². The summed E-state index contributed by atoms with van der Waals surface area (Å²) in [4.78, 5) is 84.1. The molecule has 0 unspecified atom stereocenters. The third-order valence-corrected chi connectivity index (χ3v) is 6.08. The van der Waals surface area contributed by atoms with Gasteiger partial charge in [0.2, 0.25) is 5.91 Å². The van der Waals surface area contributed by atoms with Gasteiger partial charge in [0.1, 0.15) is 31.0 Å². The molecule has 1 saturated heterocycles. The maximum Gasteiger partial charge on any atom is 0.328 e. The lowest BCUT2D eigenvalue weighted by Gasteiger charge is -2.43. The molecule has 1 aromatic rings. The zero-order chi connectivity index (χ0) is 35.1. The summed E-state index contributed by atoms with van der Waals surface area (Å²) in [5.74, 6) is -4.95. The van der Waals surface area contributed by atoms with Crippen molar-refractivity contribution in [2.45, 2.75) is 104 Å². The highest BCUT2D eigenvalue weighted by Crippen LogP contribution is 2.30. The number of rotatable bonds is 17. The van der Waals surface area contributed by atoms with Crippen LogP contribution in [0.15, 0.2) is 6.20 Å². The lowest BCUT2D eigenvalue weighted by atomic mass is 9.98. The Labute approximate surface area is 269 Å². The van der Waals surface area contributed by atoms with E-state index in [2.05, 4.69) is 15.6 Å². The molecule has 19 heteroatoms. The van der Waals surface area contributed by atoms with Crippen LogP contribution in [0.4, 0.5) is 0 Å². The second-order valence-corrected chi connectivity index (χ2v) is 10.0. The van der Waals surface area contributed by atoms with Gasteiger partial charge in [0, 0.05) is 34.1 Å². The molecular weight excluding hydrogens is 632 g/mol. The summed E-state index contributed by atoms with van der Waals surface area (Å²) < 4.78 is 43.7. The Balaban J connectivity index is 2.17. The second-order valence-electron chi connectivity index (χ2n) is 10.0. The van der Waals surface area contributed by atoms with Gasteiger partial charge in [0.05, 0.1) is 26.0 Å². The molecule has 2 heterocycles. The topological polar surface area (TPSA) is 236 Å². The molecule has 47 heavy (non-hydrogen) atoms. The van der Waals surface area contributed by atoms with E-state index in [1.54, 1.807) is 13.8 Å². The van der Waals surface area contributed by atoms with Gasteiger partial charge < -0.3 is 43.2 Å². The molecule has 1 amide bonds. The minimum atomic E-state index is -1.45. The number of aromatic nitrogens is 3. The van der Waals surface area contributed by atoms with Gasteiger partial charge in [0.15, 0.2) is 24.6 Å². The highest BCUT2D eigenvalue weighted by Gasteiger charge is 2.52. The first kappa shape index (κ1) is 38.5. The van der Waals surface area contributed by atoms with Crippen LogP contribution in [0, 0.1) is 0 Å². The predicted molar refractivity (Wildman–Crippen MR) is 151 cm³/mol. The van der Waals surface area contributed by atoms with Gasteiger partial charge in [-0.2, -0.15) is 0 Å². The van der Waals surface area contributed by atoms with Crippen LogP contribution in [0.1, 0.15) is 60.1 Å². The average Bonchev–Trinajstić information content (AvgIpc) is 3.42. The monoisotopic (exact) mass is 672 g/mol. The van der Waals surface area contributed by atoms with Crippen molar-refractivity contribution in [1.82, 2.24) is 20.3 Å². The van der Waals surface area contributed by atoms with Gasteiger partial charge in [0.25, 0.3) is 0 Å². The number of nitrogens with zero attached hydrogens (tertiary/aromatic N) is 3. The zero-order valence-corrected chi connectivity index (χ0v) is 27.0. The molecule has 0 aromatic carbocycles. The molecule has 0 radical (unpaired) electrons. The fourth-order valence-corrected chi connectivity index (χ4v) is 4.35. The third kappa shape index (κ3) is 13.3. The Hall–Kier alpha value is -4.65. The van der Waals surface area contributed by atoms with Crippen molar-refractivity contribution in [3.05, 3.63) is 11.9 Å².